The molecule has 25 nitrogen and oxygen atoms in total. The van der Waals surface area contributed by atoms with E-state index in [0.29, 0.717) is 32.1 Å². The fourth-order valence-electron chi connectivity index (χ4n) is 8.52. The summed E-state index contributed by atoms with van der Waals surface area (Å²) < 4.78 is 0. The first kappa shape index (κ1) is 78.6. The molecule has 0 fully saturated rings. The first-order valence-electron chi connectivity index (χ1n) is 29.1. The van der Waals surface area contributed by atoms with Crippen molar-refractivity contribution < 1.29 is 68.4 Å². The van der Waals surface area contributed by atoms with Crippen LogP contribution in [0.1, 0.15) is 157 Å². The molecular weight excluding hydrogens is 1060 g/mol. The molecule has 0 aliphatic rings. The largest absolute Gasteiger partial charge is 0.392 e. The quantitative estimate of drug-likeness (QED) is 0.0486. The van der Waals surface area contributed by atoms with Crippen LogP contribution < -0.4 is 11.1 Å². The smallest absolute Gasteiger partial charge is 0.242 e. The number of nitrogens with one attached hydrogen (secondary N) is 1. The number of rotatable bonds is 40. The zero-order chi connectivity index (χ0) is 62.6. The van der Waals surface area contributed by atoms with Crippen molar-refractivity contribution in [1.29, 1.82) is 0 Å². The van der Waals surface area contributed by atoms with Crippen molar-refractivity contribution in [3.05, 3.63) is 0 Å². The Morgan fingerprint density at radius 2 is 0.537 bits per heavy atom. The van der Waals surface area contributed by atoms with Gasteiger partial charge < -0.3 is 75.6 Å². The van der Waals surface area contributed by atoms with Gasteiger partial charge >= 0.3 is 0 Å². The number of hydrogen-bond donors (Lipinski definition) is 6. The molecule has 0 spiro atoms. The second-order valence-corrected chi connectivity index (χ2v) is 22.0. The van der Waals surface area contributed by atoms with E-state index >= 15 is 0 Å². The van der Waals surface area contributed by atoms with Crippen LogP contribution in [-0.2, 0) is 47.9 Å². The molecule has 0 aromatic rings. The molecule has 0 bridgehead atoms. The summed E-state index contributed by atoms with van der Waals surface area (Å²) in [6.45, 7) is 21.0. The Bertz CT molecular complexity index is 2010. The summed E-state index contributed by atoms with van der Waals surface area (Å²) in [5.41, 5.74) is 5.44. The van der Waals surface area contributed by atoms with E-state index < -0.39 is 142 Å². The molecule has 0 aromatic heterocycles. The van der Waals surface area contributed by atoms with Crippen LogP contribution in [0.5, 0.6) is 0 Å². The Balaban J connectivity index is 0. The summed E-state index contributed by atoms with van der Waals surface area (Å²) >= 11 is 0. The maximum Gasteiger partial charge on any atom is 0.242 e. The number of nitrogens with two attached hydrogens (primary N) is 1. The minimum atomic E-state index is -1.17. The first-order valence-corrected chi connectivity index (χ1v) is 29.1. The number of carbonyl (C=O) groups is 10. The number of carbonyl (C=O) groups excluding carboxylic acids is 10. The molecule has 0 aliphatic carbocycles. The van der Waals surface area contributed by atoms with E-state index in [1.54, 1.807) is 55.4 Å². The fraction of sp³-hybridized carbons (Fsp3) is 0.825. The number of aliphatic hydroxyl groups is 4. The van der Waals surface area contributed by atoms with E-state index in [-0.39, 0.29) is 77.3 Å². The second kappa shape index (κ2) is 39.9. The molecule has 0 rings (SSSR count). The average Bonchev–Trinajstić information content (AvgIpc) is 3.39. The summed E-state index contributed by atoms with van der Waals surface area (Å²) in [5, 5.41) is 45.2. The first-order chi connectivity index (χ1) is 37.7. The molecule has 7 N–H and O–H groups in total. The van der Waals surface area contributed by atoms with E-state index in [2.05, 4.69) is 5.32 Å². The molecule has 0 saturated carbocycles. The third kappa shape index (κ3) is 28.2. The molecule has 0 unspecified atom stereocenters. The van der Waals surface area contributed by atoms with Gasteiger partial charge in [-0.05, 0) is 108 Å². The monoisotopic (exact) mass is 1170 g/mol. The standard InChI is InChI=1S/C56H105N11O14.CH4/c1-17-37(7)58-23-48(73)64(39(9)19-3)33-51(76)59(24-43(13)68)29-49(74)62(27-46(16)71)32-54(79)67(42(12)22-6)36-56(81)65(40(10)20-4)34-52(77)60(25-44(14)69)30-50(75)61(26-45(15)70)31-53(78)66(41(11)21-5)35-55(80)63(28-47(57)72)38(8)18-2;/h37-46,58,68-71H,17-36H2,1-16H3,(H2,57,72);1H4/t37-,38-,39-,40-,41-,42-,43-,44-,45+,46+;/m1./s1. The lowest BCUT2D eigenvalue weighted by atomic mass is 10.1. The summed E-state index contributed by atoms with van der Waals surface area (Å²) in [5.74, 6) is -6.53. The van der Waals surface area contributed by atoms with Crippen molar-refractivity contribution >= 4 is 59.1 Å². The van der Waals surface area contributed by atoms with Gasteiger partial charge in [0.15, 0.2) is 0 Å². The van der Waals surface area contributed by atoms with Crippen molar-refractivity contribution in [2.24, 2.45) is 5.73 Å². The van der Waals surface area contributed by atoms with Crippen LogP contribution in [0, 0.1) is 0 Å². The molecule has 10 atom stereocenters. The highest BCUT2D eigenvalue weighted by atomic mass is 16.3. The van der Waals surface area contributed by atoms with E-state index in [0.717, 1.165) is 26.0 Å². The average molecular weight is 1170 g/mol. The maximum absolute atomic E-state index is 14.5. The van der Waals surface area contributed by atoms with Gasteiger partial charge in [-0.3, -0.25) is 47.9 Å². The zero-order valence-corrected chi connectivity index (χ0v) is 51.9. The lowest BCUT2D eigenvalue weighted by molar-refractivity contribution is -0.152. The van der Waals surface area contributed by atoms with Crippen LogP contribution in [0.15, 0.2) is 0 Å². The van der Waals surface area contributed by atoms with Gasteiger partial charge in [0.2, 0.25) is 59.1 Å². The number of amides is 10. The zero-order valence-electron chi connectivity index (χ0n) is 51.9. The van der Waals surface area contributed by atoms with Crippen molar-refractivity contribution in [2.45, 2.75) is 217 Å². The third-order valence-electron chi connectivity index (χ3n) is 14.6. The van der Waals surface area contributed by atoms with Gasteiger partial charge in [0.05, 0.1) is 63.7 Å². The van der Waals surface area contributed by atoms with Gasteiger partial charge in [-0.1, -0.05) is 49.0 Å². The van der Waals surface area contributed by atoms with E-state index in [9.17, 15) is 68.4 Å². The molecule has 10 amide bonds. The fourth-order valence-corrected chi connectivity index (χ4v) is 8.52. The molecule has 0 aliphatic heterocycles. The number of hydrogen-bond acceptors (Lipinski definition) is 15. The molecule has 0 aromatic carbocycles. The van der Waals surface area contributed by atoms with Crippen molar-refractivity contribution in [1.82, 2.24) is 49.4 Å². The van der Waals surface area contributed by atoms with Crippen LogP contribution in [0.4, 0.5) is 0 Å². The Hall–Kier alpha value is -5.50. The van der Waals surface area contributed by atoms with E-state index in [4.69, 9.17) is 5.73 Å². The van der Waals surface area contributed by atoms with Crippen molar-refractivity contribution in [3.8, 4) is 0 Å². The van der Waals surface area contributed by atoms with Gasteiger partial charge in [-0.15, -0.1) is 0 Å². The van der Waals surface area contributed by atoms with Crippen LogP contribution in [0.2, 0.25) is 0 Å². The highest BCUT2D eigenvalue weighted by Gasteiger charge is 2.35. The molecule has 25 heteroatoms. The molecule has 0 radical (unpaired) electrons. The summed E-state index contributed by atoms with van der Waals surface area (Å²) in [6.07, 6.45) is -1.60. The number of primary amides is 1. The minimum Gasteiger partial charge on any atom is -0.392 e. The van der Waals surface area contributed by atoms with E-state index in [1.165, 1.54) is 52.2 Å². The number of aliphatic hydroxyl groups excluding tert-OH is 4. The molecule has 0 saturated heterocycles. The topological polar surface area (TPSA) is 319 Å². The summed E-state index contributed by atoms with van der Waals surface area (Å²) in [6, 6.07) is -2.37. The molecular formula is C57H109N11O14. The highest BCUT2D eigenvalue weighted by molar-refractivity contribution is 5.94. The minimum absolute atomic E-state index is 0. The Kier molecular flexibility index (Phi) is 38.2. The lowest BCUT2D eigenvalue weighted by Crippen LogP contribution is -2.56. The highest BCUT2D eigenvalue weighted by Crippen LogP contribution is 2.15. The maximum atomic E-state index is 14.5. The van der Waals surface area contributed by atoms with Crippen molar-refractivity contribution in [2.75, 3.05) is 91.6 Å². The lowest BCUT2D eigenvalue weighted by Gasteiger charge is -2.36. The van der Waals surface area contributed by atoms with Crippen LogP contribution >= 0.6 is 0 Å². The van der Waals surface area contributed by atoms with Gasteiger partial charge in [0, 0.05) is 62.4 Å². The number of nitrogens with zero attached hydrogens (tertiary/aromatic N) is 9. The van der Waals surface area contributed by atoms with Crippen LogP contribution in [0.3, 0.4) is 0 Å². The molecule has 82 heavy (non-hydrogen) atoms. The van der Waals surface area contributed by atoms with Gasteiger partial charge in [0.1, 0.15) is 26.2 Å². The summed E-state index contributed by atoms with van der Waals surface area (Å²) in [7, 11) is 0. The van der Waals surface area contributed by atoms with Crippen molar-refractivity contribution in [3.63, 3.8) is 0 Å². The predicted molar refractivity (Wildman–Crippen MR) is 314 cm³/mol. The van der Waals surface area contributed by atoms with Gasteiger partial charge in [-0.2, -0.15) is 0 Å². The third-order valence-corrected chi connectivity index (χ3v) is 14.6. The van der Waals surface area contributed by atoms with Crippen LogP contribution in [-0.4, -0.2) is 276 Å². The second-order valence-electron chi connectivity index (χ2n) is 22.0. The normalized spacial score (nSPS) is 14.8. The van der Waals surface area contributed by atoms with Gasteiger partial charge in [-0.25, -0.2) is 0 Å². The van der Waals surface area contributed by atoms with Crippen LogP contribution in [0.25, 0.3) is 0 Å². The van der Waals surface area contributed by atoms with Gasteiger partial charge in [0.25, 0.3) is 0 Å². The Labute approximate surface area is 490 Å². The SMILES string of the molecule is C.CC[C@@H](C)NCC(=O)N(CC(=O)N(CC(=O)N(CC(=O)N(CC(=O)N(CC(=O)N(CC(=O)N(CC(=O)N(CC(=O)N(CC(N)=O)[C@H](C)CC)[C@H](C)CC)C[C@H](C)O)C[C@@H](C)O)[C@H](C)CC)[C@H](C)CC)C[C@H](C)O)C[C@@H](C)O)[C@H](C)CC. The Morgan fingerprint density at radius 1 is 0.329 bits per heavy atom. The predicted octanol–water partition coefficient (Wildman–Crippen LogP) is 0.469. The summed E-state index contributed by atoms with van der Waals surface area (Å²) in [4.78, 5) is 149. The molecule has 0 heterocycles. The van der Waals surface area contributed by atoms with E-state index in [1.807, 2.05) is 27.7 Å². The Morgan fingerprint density at radius 3 is 0.768 bits per heavy atom. The molecule has 476 valence electrons.